The number of hydrogen-bond acceptors (Lipinski definition) is 0. The van der Waals surface area contributed by atoms with Crippen LogP contribution in [-0.2, 0) is 0 Å². The molecule has 4 heterocycles. The van der Waals surface area contributed by atoms with Gasteiger partial charge in [-0.2, -0.15) is 0 Å². The second-order valence-electron chi connectivity index (χ2n) is 8.92. The Morgan fingerprint density at radius 2 is 1.00 bits per heavy atom. The van der Waals surface area contributed by atoms with E-state index >= 15 is 0 Å². The highest BCUT2D eigenvalue weighted by molar-refractivity contribution is 6.42. The molecule has 0 amide bonds. The fraction of sp³-hybridized carbons (Fsp3) is 0.0667. The fourth-order valence-electron chi connectivity index (χ4n) is 6.37. The summed E-state index contributed by atoms with van der Waals surface area (Å²) in [6.45, 7) is 4.39. The Labute approximate surface area is 184 Å². The van der Waals surface area contributed by atoms with Gasteiger partial charge in [0.05, 0.1) is 27.6 Å². The summed E-state index contributed by atoms with van der Waals surface area (Å²) in [5, 5.41) is 9.55. The summed E-state index contributed by atoms with van der Waals surface area (Å²) in [5.41, 5.74) is 9.24. The number of aromatic nitrogens is 2. The zero-order valence-corrected chi connectivity index (χ0v) is 18.0. The lowest BCUT2D eigenvalue weighted by atomic mass is 9.97. The first kappa shape index (κ1) is 16.6. The van der Waals surface area contributed by atoms with Gasteiger partial charge < -0.3 is 8.80 Å². The van der Waals surface area contributed by atoms with Crippen molar-refractivity contribution in [3.63, 3.8) is 0 Å². The van der Waals surface area contributed by atoms with Crippen LogP contribution in [0.2, 0.25) is 0 Å². The third-order valence-corrected chi connectivity index (χ3v) is 7.47. The molecule has 2 nitrogen and oxygen atoms in total. The van der Waals surface area contributed by atoms with Crippen molar-refractivity contribution in [2.24, 2.45) is 0 Å². The van der Waals surface area contributed by atoms with Crippen molar-refractivity contribution in [1.29, 1.82) is 0 Å². The van der Waals surface area contributed by atoms with Crippen LogP contribution in [0.1, 0.15) is 18.2 Å². The van der Waals surface area contributed by atoms with E-state index in [0.717, 1.165) is 0 Å². The maximum atomic E-state index is 2.50. The number of allylic oxidation sites excluding steroid dienone is 1. The van der Waals surface area contributed by atoms with Gasteiger partial charge in [-0.3, -0.25) is 0 Å². The third-order valence-electron chi connectivity index (χ3n) is 7.47. The summed E-state index contributed by atoms with van der Waals surface area (Å²) in [6, 6.07) is 26.7. The van der Waals surface area contributed by atoms with E-state index in [-0.39, 0.29) is 0 Å². The zero-order valence-electron chi connectivity index (χ0n) is 18.0. The summed E-state index contributed by atoms with van der Waals surface area (Å²) < 4.78 is 5.00. The van der Waals surface area contributed by atoms with E-state index in [1.807, 2.05) is 0 Å². The molecule has 0 unspecified atom stereocenters. The Hall–Kier alpha value is -4.04. The summed E-state index contributed by atoms with van der Waals surface area (Å²) in [6.07, 6.45) is 4.47. The number of rotatable bonds is 1. The number of benzene rings is 4. The quantitative estimate of drug-likeness (QED) is 0.259. The van der Waals surface area contributed by atoms with Gasteiger partial charge in [0.1, 0.15) is 0 Å². The van der Waals surface area contributed by atoms with Crippen LogP contribution in [0.25, 0.3) is 71.4 Å². The van der Waals surface area contributed by atoms with Gasteiger partial charge in [0.25, 0.3) is 0 Å². The van der Waals surface area contributed by atoms with Gasteiger partial charge >= 0.3 is 0 Å². The van der Waals surface area contributed by atoms with E-state index in [0.29, 0.717) is 0 Å². The maximum absolute atomic E-state index is 2.50. The lowest BCUT2D eigenvalue weighted by Crippen LogP contribution is -1.84. The number of hydrogen-bond donors (Lipinski definition) is 0. The van der Waals surface area contributed by atoms with Crippen LogP contribution in [0.15, 0.2) is 78.9 Å². The van der Waals surface area contributed by atoms with Crippen LogP contribution in [0.4, 0.5) is 0 Å². The van der Waals surface area contributed by atoms with Gasteiger partial charge in [0, 0.05) is 49.0 Å². The average Bonchev–Trinajstić information content (AvgIpc) is 3.52. The van der Waals surface area contributed by atoms with E-state index in [4.69, 9.17) is 0 Å². The van der Waals surface area contributed by atoms with E-state index in [9.17, 15) is 0 Å². The molecule has 8 rings (SSSR count). The molecule has 4 aromatic carbocycles. The predicted octanol–water partition coefficient (Wildman–Crippen LogP) is 8.18. The summed E-state index contributed by atoms with van der Waals surface area (Å²) in [7, 11) is 0. The lowest BCUT2D eigenvalue weighted by molar-refractivity contribution is 1.18. The molecule has 0 aliphatic rings. The average molecular weight is 409 g/mol. The van der Waals surface area contributed by atoms with E-state index in [1.165, 1.54) is 76.5 Å². The van der Waals surface area contributed by atoms with Gasteiger partial charge in [-0.1, -0.05) is 66.7 Å². The van der Waals surface area contributed by atoms with Crippen molar-refractivity contribution in [1.82, 2.24) is 8.80 Å². The van der Waals surface area contributed by atoms with E-state index < -0.39 is 0 Å². The van der Waals surface area contributed by atoms with Gasteiger partial charge in [0.2, 0.25) is 0 Å². The molecule has 4 aromatic heterocycles. The Balaban J connectivity index is 1.91. The second kappa shape index (κ2) is 5.41. The molecule has 0 aliphatic carbocycles. The largest absolute Gasteiger partial charge is 0.312 e. The van der Waals surface area contributed by atoms with Crippen molar-refractivity contribution in [3.8, 4) is 0 Å². The molecule has 8 aromatic rings. The normalized spacial score (nSPS) is 13.2. The highest BCUT2D eigenvalue weighted by Crippen LogP contribution is 2.50. The molecular formula is C30H20N2. The van der Waals surface area contributed by atoms with Crippen molar-refractivity contribution < 1.29 is 0 Å². The molecule has 0 saturated carbocycles. The van der Waals surface area contributed by atoms with Crippen LogP contribution in [0, 0.1) is 6.92 Å². The standard InChI is InChI=1S/C30H20N2/c1-3-10-18-17(2)31-22-14-7-4-11-19(22)27-28-21-13-6-9-16-24(21)32-23-15-8-5-12-20(23)26(30(28)32)25(18)29(27)31/h3-16H,1-2H3/b10-3-. The summed E-state index contributed by atoms with van der Waals surface area (Å²) in [5.74, 6) is 0. The first-order chi connectivity index (χ1) is 15.8. The Morgan fingerprint density at radius 3 is 1.53 bits per heavy atom. The molecular weight excluding hydrogens is 388 g/mol. The number of aryl methyl sites for hydroxylation is 1. The minimum absolute atomic E-state index is 1.29. The smallest absolute Gasteiger partial charge is 0.0634 e. The minimum atomic E-state index is 1.29. The molecule has 0 aliphatic heterocycles. The predicted molar refractivity (Wildman–Crippen MR) is 138 cm³/mol. The van der Waals surface area contributed by atoms with Gasteiger partial charge in [-0.15, -0.1) is 0 Å². The SMILES string of the molecule is C/C=C\c1c(C)n2c3ccccc3c3c4c5ccccc5n5c6ccccc6c(c1c32)c45. The molecule has 0 spiro atoms. The minimum Gasteiger partial charge on any atom is -0.312 e. The van der Waals surface area contributed by atoms with Crippen molar-refractivity contribution in [3.05, 3.63) is 90.1 Å². The molecule has 0 bridgehead atoms. The second-order valence-corrected chi connectivity index (χ2v) is 8.92. The summed E-state index contributed by atoms with van der Waals surface area (Å²) >= 11 is 0. The molecule has 0 radical (unpaired) electrons. The molecule has 0 atom stereocenters. The van der Waals surface area contributed by atoms with Crippen LogP contribution >= 0.6 is 0 Å². The molecule has 150 valence electrons. The highest BCUT2D eigenvalue weighted by Gasteiger charge is 2.28. The Morgan fingerprint density at radius 1 is 0.562 bits per heavy atom. The molecule has 2 heteroatoms. The Bertz CT molecular complexity index is 2050. The third kappa shape index (κ3) is 1.62. The molecule has 32 heavy (non-hydrogen) atoms. The first-order valence-electron chi connectivity index (χ1n) is 11.3. The Kier molecular flexibility index (Phi) is 2.81. The summed E-state index contributed by atoms with van der Waals surface area (Å²) in [4.78, 5) is 0. The van der Waals surface area contributed by atoms with Crippen LogP contribution < -0.4 is 0 Å². The lowest BCUT2D eigenvalue weighted by Gasteiger charge is -2.03. The molecule has 0 saturated heterocycles. The van der Waals surface area contributed by atoms with Gasteiger partial charge in [0.15, 0.2) is 0 Å². The molecule has 0 fully saturated rings. The zero-order chi connectivity index (χ0) is 21.1. The number of fused-ring (bicyclic) bond motifs is 11. The van der Waals surface area contributed by atoms with Gasteiger partial charge in [-0.25, -0.2) is 0 Å². The van der Waals surface area contributed by atoms with Gasteiger partial charge in [-0.05, 0) is 32.0 Å². The van der Waals surface area contributed by atoms with Crippen molar-refractivity contribution in [2.45, 2.75) is 13.8 Å². The number of nitrogens with zero attached hydrogens (tertiary/aromatic N) is 2. The van der Waals surface area contributed by atoms with Crippen LogP contribution in [0.3, 0.4) is 0 Å². The van der Waals surface area contributed by atoms with Crippen molar-refractivity contribution >= 4 is 71.4 Å². The van der Waals surface area contributed by atoms with Crippen LogP contribution in [-0.4, -0.2) is 8.80 Å². The van der Waals surface area contributed by atoms with E-state index in [2.05, 4.69) is 108 Å². The maximum Gasteiger partial charge on any atom is 0.0634 e. The first-order valence-corrected chi connectivity index (χ1v) is 11.3. The monoisotopic (exact) mass is 408 g/mol. The van der Waals surface area contributed by atoms with Crippen LogP contribution in [0.5, 0.6) is 0 Å². The van der Waals surface area contributed by atoms with E-state index in [1.54, 1.807) is 0 Å². The van der Waals surface area contributed by atoms with Crippen molar-refractivity contribution in [2.75, 3.05) is 0 Å². The molecule has 0 N–H and O–H groups in total. The topological polar surface area (TPSA) is 8.82 Å². The number of para-hydroxylation sites is 3. The fourth-order valence-corrected chi connectivity index (χ4v) is 6.37. The highest BCUT2D eigenvalue weighted by atomic mass is 14.9.